The van der Waals surface area contributed by atoms with Crippen LogP contribution in [0.3, 0.4) is 0 Å². The number of H-pyrrole nitrogens is 1. The van der Waals surface area contributed by atoms with Gasteiger partial charge < -0.3 is 15.6 Å². The van der Waals surface area contributed by atoms with Crippen molar-refractivity contribution >= 4 is 28.3 Å². The van der Waals surface area contributed by atoms with Crippen LogP contribution < -0.4 is 10.6 Å². The van der Waals surface area contributed by atoms with Crippen molar-refractivity contribution < 1.29 is 13.6 Å². The second-order valence-electron chi connectivity index (χ2n) is 6.49. The molecular formula is C20H18F2N6OS. The van der Waals surface area contributed by atoms with Crippen molar-refractivity contribution in [3.05, 3.63) is 75.8 Å². The van der Waals surface area contributed by atoms with Gasteiger partial charge >= 0.3 is 0 Å². The summed E-state index contributed by atoms with van der Waals surface area (Å²) in [5.74, 6) is -0.541. The van der Waals surface area contributed by atoms with Gasteiger partial charge in [-0.25, -0.2) is 18.7 Å². The third kappa shape index (κ3) is 4.66. The topological polar surface area (TPSA) is 95.6 Å². The Bertz CT molecular complexity index is 1180. The van der Waals surface area contributed by atoms with Crippen LogP contribution in [0.2, 0.25) is 0 Å². The highest BCUT2D eigenvalue weighted by atomic mass is 32.1. The van der Waals surface area contributed by atoms with Gasteiger partial charge in [-0.1, -0.05) is 6.07 Å². The number of nitrogens with zero attached hydrogens (tertiary/aromatic N) is 3. The quantitative estimate of drug-likeness (QED) is 0.375. The van der Waals surface area contributed by atoms with E-state index >= 15 is 0 Å². The fraction of sp³-hybridized carbons (Fsp3) is 0.200. The van der Waals surface area contributed by atoms with Gasteiger partial charge in [0.2, 0.25) is 0 Å². The molecule has 4 aromatic rings. The number of benzene rings is 1. The molecule has 0 spiro atoms. The number of hydrogen-bond acceptors (Lipinski definition) is 6. The van der Waals surface area contributed by atoms with Gasteiger partial charge in [-0.15, -0.1) is 11.3 Å². The molecule has 0 saturated carbocycles. The van der Waals surface area contributed by atoms with Crippen LogP contribution in [0.15, 0.2) is 41.9 Å². The van der Waals surface area contributed by atoms with E-state index in [1.54, 1.807) is 17.5 Å². The van der Waals surface area contributed by atoms with Crippen LogP contribution in [0.5, 0.6) is 0 Å². The number of hydrogen-bond donors (Lipinski definition) is 3. The van der Waals surface area contributed by atoms with Crippen molar-refractivity contribution in [2.75, 3.05) is 6.54 Å². The average Bonchev–Trinajstić information content (AvgIpc) is 3.38. The summed E-state index contributed by atoms with van der Waals surface area (Å²) in [6, 6.07) is 7.58. The van der Waals surface area contributed by atoms with Crippen molar-refractivity contribution in [2.45, 2.75) is 19.5 Å². The summed E-state index contributed by atoms with van der Waals surface area (Å²) in [7, 11) is 0. The molecule has 0 radical (unpaired) electrons. The Morgan fingerprint density at radius 3 is 2.80 bits per heavy atom. The number of rotatable bonds is 8. The first-order valence-electron chi connectivity index (χ1n) is 9.26. The zero-order valence-electron chi connectivity index (χ0n) is 15.8. The van der Waals surface area contributed by atoms with Crippen molar-refractivity contribution in [3.8, 4) is 0 Å². The largest absolute Gasteiger partial charge is 0.345 e. The third-order valence-electron chi connectivity index (χ3n) is 4.36. The molecule has 7 nitrogen and oxygen atoms in total. The molecule has 0 unspecified atom stereocenters. The van der Waals surface area contributed by atoms with Crippen LogP contribution in [0.4, 0.5) is 8.78 Å². The molecule has 0 atom stereocenters. The second kappa shape index (κ2) is 9.06. The molecule has 10 heteroatoms. The van der Waals surface area contributed by atoms with Crippen LogP contribution in [-0.4, -0.2) is 32.4 Å². The van der Waals surface area contributed by atoms with Crippen LogP contribution in [0, 0.1) is 11.6 Å². The number of amides is 1. The molecule has 0 fully saturated rings. The molecule has 0 saturated heterocycles. The highest BCUT2D eigenvalue weighted by Crippen LogP contribution is 2.15. The number of thiazole rings is 1. The molecule has 1 amide bonds. The van der Waals surface area contributed by atoms with Crippen molar-refractivity contribution in [2.24, 2.45) is 0 Å². The van der Waals surface area contributed by atoms with Crippen LogP contribution in [0.25, 0.3) is 11.0 Å². The normalized spacial score (nSPS) is 11.1. The standard InChI is InChI=1S/C20H18F2N6OS/c21-12-4-2-7-24-15(12)9-25-20(29)16-11-30-18(27-16)6-8-23-10-17-26-14-5-1-3-13(22)19(14)28-17/h1-5,7,11,23H,6,8-10H2,(H,25,29)(H,26,28). The Morgan fingerprint density at radius 2 is 1.97 bits per heavy atom. The number of fused-ring (bicyclic) bond motifs is 1. The second-order valence-corrected chi connectivity index (χ2v) is 7.43. The number of carbonyl (C=O) groups excluding carboxylic acids is 1. The summed E-state index contributed by atoms with van der Waals surface area (Å²) >= 11 is 1.38. The van der Waals surface area contributed by atoms with E-state index in [1.807, 2.05) is 0 Å². The number of para-hydroxylation sites is 1. The SMILES string of the molecule is O=C(NCc1ncccc1F)c1csc(CCNCc2nc3c(F)cccc3[nH]2)n1. The number of carbonyl (C=O) groups is 1. The lowest BCUT2D eigenvalue weighted by molar-refractivity contribution is 0.0945. The molecule has 3 N–H and O–H groups in total. The Balaban J connectivity index is 1.24. The minimum Gasteiger partial charge on any atom is -0.345 e. The van der Waals surface area contributed by atoms with Gasteiger partial charge in [0.05, 0.1) is 29.3 Å². The van der Waals surface area contributed by atoms with E-state index < -0.39 is 5.82 Å². The first-order chi connectivity index (χ1) is 14.6. The van der Waals surface area contributed by atoms with Crippen molar-refractivity contribution in [1.82, 2.24) is 30.6 Å². The summed E-state index contributed by atoms with van der Waals surface area (Å²) in [4.78, 5) is 27.7. The van der Waals surface area contributed by atoms with Crippen LogP contribution >= 0.6 is 11.3 Å². The Kier molecular flexibility index (Phi) is 6.05. The average molecular weight is 428 g/mol. The van der Waals surface area contributed by atoms with Crippen molar-refractivity contribution in [3.63, 3.8) is 0 Å². The molecule has 1 aromatic carbocycles. The van der Waals surface area contributed by atoms with Gasteiger partial charge in [-0.2, -0.15) is 0 Å². The van der Waals surface area contributed by atoms with E-state index in [0.29, 0.717) is 42.1 Å². The highest BCUT2D eigenvalue weighted by molar-refractivity contribution is 7.09. The number of imidazole rings is 1. The smallest absolute Gasteiger partial charge is 0.271 e. The van der Waals surface area contributed by atoms with E-state index in [2.05, 4.69) is 30.6 Å². The summed E-state index contributed by atoms with van der Waals surface area (Å²) in [6.07, 6.45) is 2.10. The summed E-state index contributed by atoms with van der Waals surface area (Å²) in [5.41, 5.74) is 1.46. The minimum absolute atomic E-state index is 0.00197. The number of aromatic amines is 1. The lowest BCUT2D eigenvalue weighted by Crippen LogP contribution is -2.24. The highest BCUT2D eigenvalue weighted by Gasteiger charge is 2.12. The number of nitrogens with one attached hydrogen (secondary N) is 3. The maximum atomic E-state index is 13.7. The first-order valence-corrected chi connectivity index (χ1v) is 10.1. The molecular weight excluding hydrogens is 410 g/mol. The monoisotopic (exact) mass is 428 g/mol. The zero-order valence-corrected chi connectivity index (χ0v) is 16.6. The van der Waals surface area contributed by atoms with Gasteiger partial charge in [0.15, 0.2) is 5.82 Å². The van der Waals surface area contributed by atoms with Gasteiger partial charge in [0.25, 0.3) is 5.91 Å². The van der Waals surface area contributed by atoms with Crippen molar-refractivity contribution in [1.29, 1.82) is 0 Å². The Morgan fingerprint density at radius 1 is 1.10 bits per heavy atom. The Hall–Kier alpha value is -3.24. The number of halogens is 2. The van der Waals surface area contributed by atoms with Crippen LogP contribution in [0.1, 0.15) is 27.0 Å². The molecule has 0 aliphatic rings. The summed E-state index contributed by atoms with van der Waals surface area (Å²) in [5, 5.41) is 8.31. The molecule has 0 aliphatic heterocycles. The summed E-state index contributed by atoms with van der Waals surface area (Å²) in [6.45, 7) is 1.08. The maximum absolute atomic E-state index is 13.7. The molecule has 0 aliphatic carbocycles. The fourth-order valence-electron chi connectivity index (χ4n) is 2.87. The van der Waals surface area contributed by atoms with E-state index in [-0.39, 0.29) is 24.0 Å². The Labute approximate surface area is 174 Å². The third-order valence-corrected chi connectivity index (χ3v) is 5.26. The zero-order chi connectivity index (χ0) is 20.9. The van der Waals surface area contributed by atoms with Gasteiger partial charge in [0, 0.05) is 24.5 Å². The molecule has 30 heavy (non-hydrogen) atoms. The summed E-state index contributed by atoms with van der Waals surface area (Å²) < 4.78 is 27.2. The lowest BCUT2D eigenvalue weighted by atomic mass is 10.3. The van der Waals surface area contributed by atoms with E-state index in [4.69, 9.17) is 0 Å². The predicted molar refractivity (Wildman–Crippen MR) is 109 cm³/mol. The van der Waals surface area contributed by atoms with Gasteiger partial charge in [-0.3, -0.25) is 9.78 Å². The molecule has 0 bridgehead atoms. The minimum atomic E-state index is -0.463. The van der Waals surface area contributed by atoms with Gasteiger partial charge in [-0.05, 0) is 24.3 Å². The number of aromatic nitrogens is 4. The van der Waals surface area contributed by atoms with Gasteiger partial charge in [0.1, 0.15) is 22.9 Å². The lowest BCUT2D eigenvalue weighted by Gasteiger charge is -2.03. The molecule has 3 heterocycles. The van der Waals surface area contributed by atoms with E-state index in [0.717, 1.165) is 5.01 Å². The maximum Gasteiger partial charge on any atom is 0.271 e. The van der Waals surface area contributed by atoms with E-state index in [9.17, 15) is 13.6 Å². The van der Waals surface area contributed by atoms with E-state index in [1.165, 1.54) is 35.7 Å². The molecule has 154 valence electrons. The fourth-order valence-corrected chi connectivity index (χ4v) is 3.65. The molecule has 3 aromatic heterocycles. The molecule has 4 rings (SSSR count). The predicted octanol–water partition coefficient (Wildman–Crippen LogP) is 2.95. The first kappa shape index (κ1) is 20.0. The number of pyridine rings is 1. The van der Waals surface area contributed by atoms with Crippen LogP contribution in [-0.2, 0) is 19.5 Å².